The number of aromatic amines is 1. The number of hydrogen-bond acceptors (Lipinski definition) is 9. The topological polar surface area (TPSA) is 135 Å². The number of anilines is 1. The molecule has 38 heavy (non-hydrogen) atoms. The maximum Gasteiger partial charge on any atom is 0.269 e. The molecule has 1 aliphatic heterocycles. The Labute approximate surface area is 219 Å². The van der Waals surface area contributed by atoms with Gasteiger partial charge in [0.25, 0.3) is 11.2 Å². The Morgan fingerprint density at radius 3 is 2.53 bits per heavy atom. The van der Waals surface area contributed by atoms with Gasteiger partial charge in [0.1, 0.15) is 6.04 Å². The summed E-state index contributed by atoms with van der Waals surface area (Å²) >= 11 is 0. The minimum Gasteiger partial charge on any atom is -0.383 e. The molecule has 2 aromatic carbocycles. The largest absolute Gasteiger partial charge is 0.383 e. The molecule has 1 N–H and O–H groups in total. The van der Waals surface area contributed by atoms with Crippen molar-refractivity contribution in [3.63, 3.8) is 0 Å². The van der Waals surface area contributed by atoms with Crippen LogP contribution >= 0.6 is 0 Å². The Bertz CT molecular complexity index is 1510. The summed E-state index contributed by atoms with van der Waals surface area (Å²) in [4.78, 5) is 31.6. The Morgan fingerprint density at radius 2 is 1.84 bits per heavy atom. The van der Waals surface area contributed by atoms with E-state index >= 15 is 0 Å². The van der Waals surface area contributed by atoms with Crippen molar-refractivity contribution in [2.75, 3.05) is 44.8 Å². The molecule has 0 aliphatic carbocycles. The fraction of sp³-hybridized carbons (Fsp3) is 0.385. The van der Waals surface area contributed by atoms with Crippen molar-refractivity contribution in [1.29, 1.82) is 0 Å². The number of fused-ring (bicyclic) bond motifs is 1. The lowest BCUT2D eigenvalue weighted by molar-refractivity contribution is -0.384. The molecule has 2 aromatic heterocycles. The first kappa shape index (κ1) is 25.5. The second-order valence-corrected chi connectivity index (χ2v) is 9.55. The van der Waals surface area contributed by atoms with Gasteiger partial charge in [-0.15, -0.1) is 5.10 Å². The van der Waals surface area contributed by atoms with E-state index in [1.165, 1.54) is 12.1 Å². The molecule has 5 rings (SSSR count). The highest BCUT2D eigenvalue weighted by atomic mass is 16.6. The number of nitro benzene ring substituents is 1. The van der Waals surface area contributed by atoms with Crippen LogP contribution in [0.25, 0.3) is 10.9 Å². The molecule has 0 unspecified atom stereocenters. The maximum atomic E-state index is 13.5. The molecule has 12 nitrogen and oxygen atoms in total. The highest BCUT2D eigenvalue weighted by molar-refractivity contribution is 5.83. The van der Waals surface area contributed by atoms with Gasteiger partial charge in [-0.3, -0.25) is 19.8 Å². The van der Waals surface area contributed by atoms with Gasteiger partial charge in [-0.05, 0) is 59.7 Å². The molecule has 1 atom stereocenters. The van der Waals surface area contributed by atoms with Crippen LogP contribution in [0.1, 0.15) is 28.6 Å². The third-order valence-corrected chi connectivity index (χ3v) is 7.05. The van der Waals surface area contributed by atoms with E-state index in [1.807, 2.05) is 26.0 Å². The van der Waals surface area contributed by atoms with Crippen molar-refractivity contribution >= 4 is 22.3 Å². The zero-order valence-corrected chi connectivity index (χ0v) is 21.6. The van der Waals surface area contributed by atoms with Gasteiger partial charge in [0.05, 0.1) is 18.1 Å². The van der Waals surface area contributed by atoms with Crippen LogP contribution in [0.2, 0.25) is 0 Å². The number of hydrogen-bond donors (Lipinski definition) is 1. The highest BCUT2D eigenvalue weighted by Crippen LogP contribution is 2.30. The number of aromatic nitrogens is 5. The SMILES string of the molecule is COCCn1nnnc1[C@@H](c1cc2c(C)cc(C)cc2[nH]c1=O)N1CCN(c2ccc([N+](=O)[O-])cc2)CC1. The van der Waals surface area contributed by atoms with E-state index in [2.05, 4.69) is 36.4 Å². The summed E-state index contributed by atoms with van der Waals surface area (Å²) in [6, 6.07) is 12.2. The van der Waals surface area contributed by atoms with Crippen LogP contribution in [-0.4, -0.2) is 74.9 Å². The second-order valence-electron chi connectivity index (χ2n) is 9.55. The quantitative estimate of drug-likeness (QED) is 0.276. The number of nitro groups is 1. The van der Waals surface area contributed by atoms with Crippen molar-refractivity contribution in [2.45, 2.75) is 26.4 Å². The highest BCUT2D eigenvalue weighted by Gasteiger charge is 2.33. The lowest BCUT2D eigenvalue weighted by atomic mass is 9.99. The van der Waals surface area contributed by atoms with E-state index in [0.29, 0.717) is 50.7 Å². The van der Waals surface area contributed by atoms with E-state index in [0.717, 1.165) is 27.7 Å². The molecular weight excluding hydrogens is 488 g/mol. The average Bonchev–Trinajstić information content (AvgIpc) is 3.36. The molecule has 3 heterocycles. The second kappa shape index (κ2) is 10.7. The molecular formula is C26H30N8O4. The fourth-order valence-electron chi connectivity index (χ4n) is 5.16. The van der Waals surface area contributed by atoms with Crippen LogP contribution in [0, 0.1) is 24.0 Å². The van der Waals surface area contributed by atoms with Gasteiger partial charge >= 0.3 is 0 Å². The third-order valence-electron chi connectivity index (χ3n) is 7.05. The lowest BCUT2D eigenvalue weighted by Gasteiger charge is -2.39. The number of non-ortho nitro benzene ring substituents is 1. The first-order valence-electron chi connectivity index (χ1n) is 12.5. The van der Waals surface area contributed by atoms with Crippen molar-refractivity contribution in [2.24, 2.45) is 0 Å². The monoisotopic (exact) mass is 518 g/mol. The molecule has 0 saturated carbocycles. The molecule has 198 valence electrons. The summed E-state index contributed by atoms with van der Waals surface area (Å²) in [5.74, 6) is 0.584. The molecule has 12 heteroatoms. The summed E-state index contributed by atoms with van der Waals surface area (Å²) < 4.78 is 6.95. The fourth-order valence-corrected chi connectivity index (χ4v) is 5.16. The Morgan fingerprint density at radius 1 is 1.11 bits per heavy atom. The van der Waals surface area contributed by atoms with E-state index < -0.39 is 11.0 Å². The molecule has 1 fully saturated rings. The number of methoxy groups -OCH3 is 1. The average molecular weight is 519 g/mol. The minimum absolute atomic E-state index is 0.0661. The van der Waals surface area contributed by atoms with Gasteiger partial charge in [0.15, 0.2) is 5.82 Å². The van der Waals surface area contributed by atoms with Crippen molar-refractivity contribution in [3.05, 3.63) is 85.4 Å². The van der Waals surface area contributed by atoms with Crippen LogP contribution in [-0.2, 0) is 11.3 Å². The van der Waals surface area contributed by atoms with Gasteiger partial charge in [-0.1, -0.05) is 6.07 Å². The number of tetrazole rings is 1. The van der Waals surface area contributed by atoms with E-state index in [9.17, 15) is 14.9 Å². The van der Waals surface area contributed by atoms with E-state index in [-0.39, 0.29) is 11.2 Å². The van der Waals surface area contributed by atoms with Crippen molar-refractivity contribution in [3.8, 4) is 0 Å². The zero-order chi connectivity index (χ0) is 26.8. The summed E-state index contributed by atoms with van der Waals surface area (Å²) in [6.07, 6.45) is 0. The standard InChI is InChI=1S/C26H30N8O4/c1-17-14-18(2)21-16-22(26(35)27-23(21)15-17)24(25-28-29-30-33(25)12-13-38-3)32-10-8-31(9-11-32)19-4-6-20(7-5-19)34(36)37/h4-7,14-16,24H,8-13H2,1-3H3,(H,27,35)/t24-/m1/s1. The molecule has 1 aliphatic rings. The first-order chi connectivity index (χ1) is 18.4. The van der Waals surface area contributed by atoms with Gasteiger partial charge in [0.2, 0.25) is 0 Å². The van der Waals surface area contributed by atoms with Crippen LogP contribution in [0.4, 0.5) is 11.4 Å². The minimum atomic E-state index is -0.463. The molecule has 1 saturated heterocycles. The number of nitrogens with one attached hydrogen (secondary N) is 1. The predicted molar refractivity (Wildman–Crippen MR) is 142 cm³/mol. The summed E-state index contributed by atoms with van der Waals surface area (Å²) in [5.41, 5.74) is 4.37. The Kier molecular flexibility index (Phi) is 7.16. The summed E-state index contributed by atoms with van der Waals surface area (Å²) in [6.45, 7) is 7.59. The van der Waals surface area contributed by atoms with Gasteiger partial charge in [-0.25, -0.2) is 4.68 Å². The van der Waals surface area contributed by atoms with Gasteiger partial charge in [0, 0.05) is 67.6 Å². The number of H-pyrrole nitrogens is 1. The number of nitrogens with zero attached hydrogens (tertiary/aromatic N) is 7. The van der Waals surface area contributed by atoms with Crippen molar-refractivity contribution in [1.82, 2.24) is 30.1 Å². The number of benzene rings is 2. The van der Waals surface area contributed by atoms with Crippen molar-refractivity contribution < 1.29 is 9.66 Å². The number of piperazine rings is 1. The number of rotatable bonds is 8. The molecule has 4 aromatic rings. The Balaban J connectivity index is 1.50. The number of ether oxygens (including phenoxy) is 1. The van der Waals surface area contributed by atoms with Crippen LogP contribution in [0.5, 0.6) is 0 Å². The predicted octanol–water partition coefficient (Wildman–Crippen LogP) is 2.60. The normalized spacial score (nSPS) is 15.2. The summed E-state index contributed by atoms with van der Waals surface area (Å²) in [5, 5.41) is 24.5. The molecule has 0 amide bonds. The number of pyridine rings is 1. The number of aryl methyl sites for hydroxylation is 2. The van der Waals surface area contributed by atoms with Crippen LogP contribution < -0.4 is 10.5 Å². The third kappa shape index (κ3) is 5.00. The molecule has 0 bridgehead atoms. The lowest BCUT2D eigenvalue weighted by Crippen LogP contribution is -2.49. The maximum absolute atomic E-state index is 13.5. The summed E-state index contributed by atoms with van der Waals surface area (Å²) in [7, 11) is 1.62. The van der Waals surface area contributed by atoms with E-state index in [1.54, 1.807) is 23.9 Å². The molecule has 0 spiro atoms. The van der Waals surface area contributed by atoms with Gasteiger partial charge < -0.3 is 14.6 Å². The van der Waals surface area contributed by atoms with E-state index in [4.69, 9.17) is 4.74 Å². The molecule has 0 radical (unpaired) electrons. The zero-order valence-electron chi connectivity index (χ0n) is 21.6. The smallest absolute Gasteiger partial charge is 0.269 e. The van der Waals surface area contributed by atoms with Crippen LogP contribution in [0.3, 0.4) is 0 Å². The van der Waals surface area contributed by atoms with Crippen LogP contribution in [0.15, 0.2) is 47.3 Å². The first-order valence-corrected chi connectivity index (χ1v) is 12.5. The Hall–Kier alpha value is -4.16. The van der Waals surface area contributed by atoms with Gasteiger partial charge in [-0.2, -0.15) is 0 Å².